The van der Waals surface area contributed by atoms with Crippen molar-refractivity contribution >= 4 is 5.91 Å². The van der Waals surface area contributed by atoms with E-state index in [1.54, 1.807) is 0 Å². The number of ether oxygens (including phenoxy) is 1. The molecule has 0 bridgehead atoms. The van der Waals surface area contributed by atoms with E-state index in [0.717, 1.165) is 5.56 Å². The fraction of sp³-hybridized carbons (Fsp3) is 0.278. The molecule has 116 valence electrons. The first-order valence-corrected chi connectivity index (χ1v) is 7.20. The van der Waals surface area contributed by atoms with Crippen LogP contribution in [-0.4, -0.2) is 12.5 Å². The zero-order valence-electron chi connectivity index (χ0n) is 13.0. The molecule has 0 aliphatic carbocycles. The minimum atomic E-state index is -0.333. The minimum Gasteiger partial charge on any atom is -0.484 e. The van der Waals surface area contributed by atoms with Crippen molar-refractivity contribution in [2.75, 3.05) is 6.61 Å². The summed E-state index contributed by atoms with van der Waals surface area (Å²) in [6, 6.07) is 11.6. The second-order valence-corrected chi connectivity index (χ2v) is 5.38. The second kappa shape index (κ2) is 7.07. The van der Waals surface area contributed by atoms with Gasteiger partial charge in [-0.1, -0.05) is 18.2 Å². The summed E-state index contributed by atoms with van der Waals surface area (Å²) in [6.45, 7) is 5.94. The zero-order valence-corrected chi connectivity index (χ0v) is 13.0. The molecule has 2 aromatic rings. The summed E-state index contributed by atoms with van der Waals surface area (Å²) in [4.78, 5) is 11.9. The highest BCUT2D eigenvalue weighted by Crippen LogP contribution is 2.17. The molecule has 0 aliphatic rings. The number of halogens is 1. The molecule has 22 heavy (non-hydrogen) atoms. The van der Waals surface area contributed by atoms with Gasteiger partial charge in [0.15, 0.2) is 6.61 Å². The van der Waals surface area contributed by atoms with E-state index >= 15 is 0 Å². The van der Waals surface area contributed by atoms with Crippen LogP contribution in [0, 0.1) is 19.7 Å². The van der Waals surface area contributed by atoms with Gasteiger partial charge in [0.1, 0.15) is 11.6 Å². The lowest BCUT2D eigenvalue weighted by Crippen LogP contribution is -2.31. The Morgan fingerprint density at radius 3 is 2.45 bits per heavy atom. The van der Waals surface area contributed by atoms with Crippen molar-refractivity contribution in [2.24, 2.45) is 0 Å². The quantitative estimate of drug-likeness (QED) is 0.914. The van der Waals surface area contributed by atoms with Crippen molar-refractivity contribution in [1.82, 2.24) is 5.32 Å². The van der Waals surface area contributed by atoms with E-state index in [-0.39, 0.29) is 24.4 Å². The van der Waals surface area contributed by atoms with Gasteiger partial charge in [-0.2, -0.15) is 0 Å². The SMILES string of the molecule is Cc1ccc([C@H](C)NC(=O)COc2ccc(F)cc2)cc1C. The van der Waals surface area contributed by atoms with E-state index in [0.29, 0.717) is 5.75 Å². The van der Waals surface area contributed by atoms with E-state index in [1.807, 2.05) is 26.0 Å². The Hall–Kier alpha value is -2.36. The van der Waals surface area contributed by atoms with Crippen molar-refractivity contribution in [3.63, 3.8) is 0 Å². The van der Waals surface area contributed by atoms with E-state index in [9.17, 15) is 9.18 Å². The molecular formula is C18H20FNO2. The summed E-state index contributed by atoms with van der Waals surface area (Å²) >= 11 is 0. The van der Waals surface area contributed by atoms with Crippen molar-refractivity contribution in [1.29, 1.82) is 0 Å². The Kier molecular flexibility index (Phi) is 5.15. The lowest BCUT2D eigenvalue weighted by Gasteiger charge is -2.16. The predicted molar refractivity (Wildman–Crippen MR) is 84.4 cm³/mol. The molecule has 0 spiro atoms. The molecule has 0 aromatic heterocycles. The zero-order chi connectivity index (χ0) is 16.1. The summed E-state index contributed by atoms with van der Waals surface area (Å²) in [6.07, 6.45) is 0. The highest BCUT2D eigenvalue weighted by molar-refractivity contribution is 5.78. The Morgan fingerprint density at radius 2 is 1.82 bits per heavy atom. The van der Waals surface area contributed by atoms with Crippen molar-refractivity contribution < 1.29 is 13.9 Å². The fourth-order valence-corrected chi connectivity index (χ4v) is 2.08. The highest BCUT2D eigenvalue weighted by atomic mass is 19.1. The molecule has 1 amide bonds. The lowest BCUT2D eigenvalue weighted by atomic mass is 10.0. The molecule has 0 aliphatic heterocycles. The van der Waals surface area contributed by atoms with Gasteiger partial charge in [-0.15, -0.1) is 0 Å². The van der Waals surface area contributed by atoms with Crippen LogP contribution in [0.4, 0.5) is 4.39 Å². The molecular weight excluding hydrogens is 281 g/mol. The molecule has 1 atom stereocenters. The molecule has 0 saturated carbocycles. The van der Waals surface area contributed by atoms with Crippen LogP contribution in [0.15, 0.2) is 42.5 Å². The number of nitrogens with one attached hydrogen (secondary N) is 1. The van der Waals surface area contributed by atoms with Gasteiger partial charge in [0, 0.05) is 0 Å². The van der Waals surface area contributed by atoms with Gasteiger partial charge in [0.25, 0.3) is 5.91 Å². The molecule has 0 radical (unpaired) electrons. The molecule has 0 fully saturated rings. The first-order valence-electron chi connectivity index (χ1n) is 7.20. The standard InChI is InChI=1S/C18H20FNO2/c1-12-4-5-15(10-13(12)2)14(3)20-18(21)11-22-17-8-6-16(19)7-9-17/h4-10,14H,11H2,1-3H3,(H,20,21)/t14-/m0/s1. The van der Waals surface area contributed by atoms with E-state index in [2.05, 4.69) is 18.3 Å². The Bertz CT molecular complexity index is 653. The van der Waals surface area contributed by atoms with Crippen molar-refractivity contribution in [2.45, 2.75) is 26.8 Å². The van der Waals surface area contributed by atoms with Gasteiger partial charge in [-0.25, -0.2) is 4.39 Å². The van der Waals surface area contributed by atoms with Crippen LogP contribution >= 0.6 is 0 Å². The number of amides is 1. The third-order valence-electron chi connectivity index (χ3n) is 3.59. The van der Waals surface area contributed by atoms with Crippen LogP contribution in [0.1, 0.15) is 29.7 Å². The summed E-state index contributed by atoms with van der Waals surface area (Å²) in [5.74, 6) is -0.0781. The maximum absolute atomic E-state index is 12.8. The van der Waals surface area contributed by atoms with Crippen LogP contribution in [0.5, 0.6) is 5.75 Å². The first-order chi connectivity index (χ1) is 10.5. The van der Waals surface area contributed by atoms with Crippen LogP contribution in [0.3, 0.4) is 0 Å². The minimum absolute atomic E-state index is 0.0939. The highest BCUT2D eigenvalue weighted by Gasteiger charge is 2.11. The topological polar surface area (TPSA) is 38.3 Å². The number of rotatable bonds is 5. The molecule has 1 N–H and O–H groups in total. The summed E-state index contributed by atoms with van der Waals surface area (Å²) in [5.41, 5.74) is 3.47. The number of carbonyl (C=O) groups is 1. The maximum Gasteiger partial charge on any atom is 0.258 e. The second-order valence-electron chi connectivity index (χ2n) is 5.38. The van der Waals surface area contributed by atoms with Gasteiger partial charge in [-0.3, -0.25) is 4.79 Å². The van der Waals surface area contributed by atoms with Crippen molar-refractivity contribution in [3.05, 3.63) is 65.0 Å². The Balaban J connectivity index is 1.88. The van der Waals surface area contributed by atoms with Gasteiger partial charge in [0.05, 0.1) is 6.04 Å². The van der Waals surface area contributed by atoms with Gasteiger partial charge in [-0.05, 0) is 61.7 Å². The van der Waals surface area contributed by atoms with E-state index in [4.69, 9.17) is 4.74 Å². The normalized spacial score (nSPS) is 11.8. The third-order valence-corrected chi connectivity index (χ3v) is 3.59. The molecule has 2 rings (SSSR count). The Morgan fingerprint density at radius 1 is 1.14 bits per heavy atom. The fourth-order valence-electron chi connectivity index (χ4n) is 2.08. The average molecular weight is 301 g/mol. The number of benzene rings is 2. The number of carbonyl (C=O) groups excluding carboxylic acids is 1. The summed E-state index contributed by atoms with van der Waals surface area (Å²) in [5, 5.41) is 2.89. The van der Waals surface area contributed by atoms with Crippen molar-refractivity contribution in [3.8, 4) is 5.75 Å². The molecule has 0 heterocycles. The summed E-state index contributed by atoms with van der Waals surface area (Å²) in [7, 11) is 0. The summed E-state index contributed by atoms with van der Waals surface area (Å²) < 4.78 is 18.1. The van der Waals surface area contributed by atoms with Crippen LogP contribution in [-0.2, 0) is 4.79 Å². The van der Waals surface area contributed by atoms with Gasteiger partial charge < -0.3 is 10.1 Å². The number of hydrogen-bond donors (Lipinski definition) is 1. The van der Waals surface area contributed by atoms with Crippen LogP contribution < -0.4 is 10.1 Å². The molecule has 0 unspecified atom stereocenters. The Labute approximate surface area is 130 Å². The molecule has 4 heteroatoms. The lowest BCUT2D eigenvalue weighted by molar-refractivity contribution is -0.123. The van der Waals surface area contributed by atoms with Crippen LogP contribution in [0.25, 0.3) is 0 Å². The average Bonchev–Trinajstić information content (AvgIpc) is 2.49. The van der Waals surface area contributed by atoms with Crippen LogP contribution in [0.2, 0.25) is 0 Å². The monoisotopic (exact) mass is 301 g/mol. The molecule has 3 nitrogen and oxygen atoms in total. The predicted octanol–water partition coefficient (Wildman–Crippen LogP) is 3.70. The smallest absolute Gasteiger partial charge is 0.258 e. The molecule has 0 saturated heterocycles. The van der Waals surface area contributed by atoms with E-state index < -0.39 is 0 Å². The number of aryl methyl sites for hydroxylation is 2. The molecule has 2 aromatic carbocycles. The largest absolute Gasteiger partial charge is 0.484 e. The maximum atomic E-state index is 12.8. The first kappa shape index (κ1) is 16.0. The van der Waals surface area contributed by atoms with E-state index in [1.165, 1.54) is 35.4 Å². The van der Waals surface area contributed by atoms with Gasteiger partial charge >= 0.3 is 0 Å². The van der Waals surface area contributed by atoms with Gasteiger partial charge in [0.2, 0.25) is 0 Å². The number of hydrogen-bond acceptors (Lipinski definition) is 2. The third kappa shape index (κ3) is 4.32.